The number of pyridine rings is 1. The van der Waals surface area contributed by atoms with Gasteiger partial charge in [0, 0.05) is 6.20 Å². The van der Waals surface area contributed by atoms with E-state index in [1.807, 2.05) is 32.0 Å². The molecule has 0 atom stereocenters. The first-order valence-electron chi connectivity index (χ1n) is 7.79. The molecule has 2 aromatic rings. The molecule has 1 amide bonds. The number of benzene rings is 1. The summed E-state index contributed by atoms with van der Waals surface area (Å²) < 4.78 is 67.0. The Labute approximate surface area is 154 Å². The first kappa shape index (κ1) is 20.7. The number of amides is 1. The molecule has 0 radical (unpaired) electrons. The molecule has 0 bridgehead atoms. The molecule has 1 N–H and O–H groups in total. The van der Waals surface area contributed by atoms with Crippen molar-refractivity contribution in [1.29, 1.82) is 0 Å². The number of aryl methyl sites for hydroxylation is 2. The Morgan fingerprint density at radius 1 is 1.15 bits per heavy atom. The number of rotatable bonds is 6. The van der Waals surface area contributed by atoms with Crippen molar-refractivity contribution in [2.45, 2.75) is 24.4 Å². The third-order valence-corrected chi connectivity index (χ3v) is 5.06. The predicted octanol–water partition coefficient (Wildman–Crippen LogP) is 2.80. The number of para-hydroxylation sites is 1. The van der Waals surface area contributed by atoms with E-state index >= 15 is 0 Å². The number of halogens is 3. The van der Waals surface area contributed by atoms with E-state index < -0.39 is 31.8 Å². The maximum atomic E-state index is 12.8. The molecule has 1 heterocycles. The van der Waals surface area contributed by atoms with E-state index in [4.69, 9.17) is 4.74 Å². The summed E-state index contributed by atoms with van der Waals surface area (Å²) in [5.41, 5.74) is -4.44. The Hall–Kier alpha value is -2.62. The Bertz CT molecular complexity index is 923. The van der Waals surface area contributed by atoms with Gasteiger partial charge in [0.2, 0.25) is 0 Å². The summed E-state index contributed by atoms with van der Waals surface area (Å²) in [5, 5.41) is 1.01. The molecule has 0 aliphatic heterocycles. The zero-order valence-electron chi connectivity index (χ0n) is 14.5. The Kier molecular flexibility index (Phi) is 6.09. The van der Waals surface area contributed by atoms with E-state index in [-0.39, 0.29) is 13.2 Å². The molecule has 0 aliphatic rings. The van der Waals surface area contributed by atoms with Gasteiger partial charge in [0.25, 0.3) is 15.7 Å². The molecule has 0 saturated heterocycles. The molecule has 10 heteroatoms. The van der Waals surface area contributed by atoms with Gasteiger partial charge in [-0.2, -0.15) is 13.2 Å². The quantitative estimate of drug-likeness (QED) is 0.751. The monoisotopic (exact) mass is 402 g/mol. The Balaban J connectivity index is 2.08. The molecule has 6 nitrogen and oxygen atoms in total. The van der Waals surface area contributed by atoms with Crippen LogP contribution in [0.4, 0.5) is 13.2 Å². The molecule has 27 heavy (non-hydrogen) atoms. The second kappa shape index (κ2) is 7.95. The standard InChI is InChI=1S/C17H17F3N2O4S/c1-11-5-3-6-12(2)14(11)26-10-9-21-15(23)13-7-4-8-22-16(13)27(24,25)17(18,19)20/h3-8H,9-10H2,1-2H3,(H,21,23). The van der Waals surface area contributed by atoms with Crippen LogP contribution in [-0.2, 0) is 9.84 Å². The van der Waals surface area contributed by atoms with Gasteiger partial charge in [-0.05, 0) is 37.1 Å². The van der Waals surface area contributed by atoms with Crippen LogP contribution in [-0.4, -0.2) is 38.0 Å². The van der Waals surface area contributed by atoms with Crippen LogP contribution >= 0.6 is 0 Å². The predicted molar refractivity (Wildman–Crippen MR) is 91.2 cm³/mol. The number of alkyl halides is 3. The molecule has 0 spiro atoms. The summed E-state index contributed by atoms with van der Waals surface area (Å²) in [7, 11) is -5.74. The van der Waals surface area contributed by atoms with Crippen molar-refractivity contribution in [3.05, 3.63) is 53.2 Å². The highest BCUT2D eigenvalue weighted by Crippen LogP contribution is 2.30. The van der Waals surface area contributed by atoms with Crippen molar-refractivity contribution < 1.29 is 31.1 Å². The van der Waals surface area contributed by atoms with E-state index in [2.05, 4.69) is 10.3 Å². The lowest BCUT2D eigenvalue weighted by atomic mass is 10.1. The largest absolute Gasteiger partial charge is 0.503 e. The summed E-state index contributed by atoms with van der Waals surface area (Å²) in [6, 6.07) is 7.71. The van der Waals surface area contributed by atoms with Gasteiger partial charge < -0.3 is 10.1 Å². The van der Waals surface area contributed by atoms with Gasteiger partial charge >= 0.3 is 5.51 Å². The second-order valence-corrected chi connectivity index (χ2v) is 7.49. The van der Waals surface area contributed by atoms with Crippen molar-refractivity contribution in [1.82, 2.24) is 10.3 Å². The number of ether oxygens (including phenoxy) is 1. The first-order valence-corrected chi connectivity index (χ1v) is 9.27. The van der Waals surface area contributed by atoms with Gasteiger partial charge in [-0.1, -0.05) is 18.2 Å². The van der Waals surface area contributed by atoms with Gasteiger partial charge in [0.1, 0.15) is 12.4 Å². The fourth-order valence-electron chi connectivity index (χ4n) is 2.33. The highest BCUT2D eigenvalue weighted by atomic mass is 32.2. The van der Waals surface area contributed by atoms with E-state index in [1.165, 1.54) is 6.07 Å². The fourth-order valence-corrected chi connectivity index (χ4v) is 3.20. The number of sulfone groups is 1. The fraction of sp³-hybridized carbons (Fsp3) is 0.294. The second-order valence-electron chi connectivity index (χ2n) is 5.63. The molecule has 1 aromatic carbocycles. The average molecular weight is 402 g/mol. The van der Waals surface area contributed by atoms with Crippen LogP contribution in [0.25, 0.3) is 0 Å². The third-order valence-electron chi connectivity index (χ3n) is 3.62. The number of hydrogen-bond acceptors (Lipinski definition) is 5. The number of carbonyl (C=O) groups excluding carboxylic acids is 1. The van der Waals surface area contributed by atoms with Crippen LogP contribution in [0.1, 0.15) is 21.5 Å². The molecule has 2 rings (SSSR count). The lowest BCUT2D eigenvalue weighted by molar-refractivity contribution is -0.0438. The minimum absolute atomic E-state index is 0.0347. The number of carbonyl (C=O) groups is 1. The SMILES string of the molecule is Cc1cccc(C)c1OCCNC(=O)c1cccnc1S(=O)(=O)C(F)(F)F. The van der Waals surface area contributed by atoms with Crippen molar-refractivity contribution in [2.24, 2.45) is 0 Å². The smallest absolute Gasteiger partial charge is 0.491 e. The minimum Gasteiger partial charge on any atom is -0.491 e. The van der Waals surface area contributed by atoms with E-state index in [0.29, 0.717) is 5.75 Å². The number of nitrogens with one attached hydrogen (secondary N) is 1. The molecule has 146 valence electrons. The van der Waals surface area contributed by atoms with Gasteiger partial charge in [-0.25, -0.2) is 13.4 Å². The summed E-state index contributed by atoms with van der Waals surface area (Å²) in [4.78, 5) is 15.4. The van der Waals surface area contributed by atoms with Crippen molar-refractivity contribution in [2.75, 3.05) is 13.2 Å². The average Bonchev–Trinajstić information content (AvgIpc) is 2.59. The van der Waals surface area contributed by atoms with Gasteiger partial charge in [0.15, 0.2) is 5.03 Å². The first-order chi connectivity index (χ1) is 12.6. The number of hydrogen-bond donors (Lipinski definition) is 1. The maximum Gasteiger partial charge on any atom is 0.503 e. The molecule has 0 aliphatic carbocycles. The molecule has 0 fully saturated rings. The maximum absolute atomic E-state index is 12.8. The highest BCUT2D eigenvalue weighted by molar-refractivity contribution is 7.92. The molecular weight excluding hydrogens is 385 g/mol. The van der Waals surface area contributed by atoms with Crippen LogP contribution in [0.2, 0.25) is 0 Å². The van der Waals surface area contributed by atoms with Crippen molar-refractivity contribution in [3.8, 4) is 5.75 Å². The minimum atomic E-state index is -5.74. The Morgan fingerprint density at radius 3 is 2.37 bits per heavy atom. The van der Waals surface area contributed by atoms with Gasteiger partial charge in [-0.3, -0.25) is 4.79 Å². The zero-order valence-corrected chi connectivity index (χ0v) is 15.3. The van der Waals surface area contributed by atoms with Crippen molar-refractivity contribution in [3.63, 3.8) is 0 Å². The van der Waals surface area contributed by atoms with Crippen molar-refractivity contribution >= 4 is 15.7 Å². The topological polar surface area (TPSA) is 85.4 Å². The summed E-state index contributed by atoms with van der Waals surface area (Å²) in [6.07, 6.45) is 0.874. The van der Waals surface area contributed by atoms with Crippen LogP contribution in [0, 0.1) is 13.8 Å². The summed E-state index contributed by atoms with van der Waals surface area (Å²) in [5.74, 6) is -0.343. The molecule has 1 aromatic heterocycles. The van der Waals surface area contributed by atoms with E-state index in [1.54, 1.807) is 0 Å². The lowest BCUT2D eigenvalue weighted by Gasteiger charge is -2.13. The molecule has 0 unspecified atom stereocenters. The summed E-state index contributed by atoms with van der Waals surface area (Å²) >= 11 is 0. The highest BCUT2D eigenvalue weighted by Gasteiger charge is 2.49. The zero-order chi connectivity index (χ0) is 20.2. The normalized spacial score (nSPS) is 11.9. The summed E-state index contributed by atoms with van der Waals surface area (Å²) in [6.45, 7) is 3.72. The van der Waals surface area contributed by atoms with Crippen LogP contribution in [0.5, 0.6) is 5.75 Å². The van der Waals surface area contributed by atoms with Gasteiger partial charge in [-0.15, -0.1) is 0 Å². The number of nitrogens with zero attached hydrogens (tertiary/aromatic N) is 1. The third kappa shape index (κ3) is 4.57. The lowest BCUT2D eigenvalue weighted by Crippen LogP contribution is -2.32. The van der Waals surface area contributed by atoms with Gasteiger partial charge in [0.05, 0.1) is 12.1 Å². The van der Waals surface area contributed by atoms with E-state index in [0.717, 1.165) is 23.4 Å². The Morgan fingerprint density at radius 2 is 1.78 bits per heavy atom. The number of aromatic nitrogens is 1. The van der Waals surface area contributed by atoms with E-state index in [9.17, 15) is 26.4 Å². The van der Waals surface area contributed by atoms with Crippen LogP contribution < -0.4 is 10.1 Å². The van der Waals surface area contributed by atoms with Crippen LogP contribution in [0.15, 0.2) is 41.6 Å². The molecule has 0 saturated carbocycles. The van der Waals surface area contributed by atoms with Crippen LogP contribution in [0.3, 0.4) is 0 Å². The molecular formula is C17H17F3N2O4S.